The number of benzene rings is 1. The highest BCUT2D eigenvalue weighted by Gasteiger charge is 2.24. The molecule has 8 nitrogen and oxygen atoms in total. The van der Waals surface area contributed by atoms with Crippen LogP contribution in [0.15, 0.2) is 24.5 Å². The summed E-state index contributed by atoms with van der Waals surface area (Å²) in [4.78, 5) is 28.1. The fraction of sp³-hybridized carbons (Fsp3) is 0.438. The molecule has 0 N–H and O–H groups in total. The minimum Gasteiger partial charge on any atom is -0.339 e. The van der Waals surface area contributed by atoms with Gasteiger partial charge in [0.2, 0.25) is 11.8 Å². The maximum absolute atomic E-state index is 12.4. The van der Waals surface area contributed by atoms with Gasteiger partial charge in [0.15, 0.2) is 0 Å². The second-order valence-corrected chi connectivity index (χ2v) is 6.77. The summed E-state index contributed by atoms with van der Waals surface area (Å²) in [7, 11) is 0. The SMILES string of the molecule is O=C(CCc1cccc(Cl)c1Cl)N1CCN(C(=O)Cn2cnnn2)CC1. The van der Waals surface area contributed by atoms with E-state index in [1.807, 2.05) is 12.1 Å². The molecule has 26 heavy (non-hydrogen) atoms. The van der Waals surface area contributed by atoms with E-state index in [4.69, 9.17) is 23.2 Å². The fourth-order valence-corrected chi connectivity index (χ4v) is 3.25. The average molecular weight is 397 g/mol. The van der Waals surface area contributed by atoms with Crippen molar-refractivity contribution in [3.05, 3.63) is 40.1 Å². The third kappa shape index (κ3) is 4.50. The van der Waals surface area contributed by atoms with Crippen molar-refractivity contribution in [2.24, 2.45) is 0 Å². The van der Waals surface area contributed by atoms with Gasteiger partial charge in [0, 0.05) is 32.6 Å². The van der Waals surface area contributed by atoms with Crippen molar-refractivity contribution in [3.8, 4) is 0 Å². The predicted octanol–water partition coefficient (Wildman–Crippen LogP) is 1.28. The number of aryl methyl sites for hydroxylation is 1. The van der Waals surface area contributed by atoms with Crippen molar-refractivity contribution < 1.29 is 9.59 Å². The molecule has 0 bridgehead atoms. The molecule has 2 heterocycles. The number of rotatable bonds is 5. The highest BCUT2D eigenvalue weighted by molar-refractivity contribution is 6.42. The molecule has 0 spiro atoms. The van der Waals surface area contributed by atoms with Crippen molar-refractivity contribution in [1.82, 2.24) is 30.0 Å². The van der Waals surface area contributed by atoms with Crippen LogP contribution in [0.4, 0.5) is 0 Å². The van der Waals surface area contributed by atoms with Gasteiger partial charge in [-0.15, -0.1) is 5.10 Å². The number of nitrogens with zero attached hydrogens (tertiary/aromatic N) is 6. The quantitative estimate of drug-likeness (QED) is 0.759. The number of halogens is 2. The highest BCUT2D eigenvalue weighted by Crippen LogP contribution is 2.26. The van der Waals surface area contributed by atoms with Crippen LogP contribution in [0.25, 0.3) is 0 Å². The van der Waals surface area contributed by atoms with Gasteiger partial charge in [-0.1, -0.05) is 35.3 Å². The van der Waals surface area contributed by atoms with Gasteiger partial charge in [-0.3, -0.25) is 9.59 Å². The second kappa shape index (κ2) is 8.46. The number of tetrazole rings is 1. The lowest BCUT2D eigenvalue weighted by Crippen LogP contribution is -2.51. The number of piperazine rings is 1. The van der Waals surface area contributed by atoms with E-state index in [0.717, 1.165) is 5.56 Å². The summed E-state index contributed by atoms with van der Waals surface area (Å²) >= 11 is 12.2. The molecule has 1 fully saturated rings. The Labute approximate surface area is 160 Å². The molecular formula is C16H18Cl2N6O2. The van der Waals surface area contributed by atoms with Gasteiger partial charge in [0.25, 0.3) is 0 Å². The van der Waals surface area contributed by atoms with Crippen LogP contribution in [0.1, 0.15) is 12.0 Å². The summed E-state index contributed by atoms with van der Waals surface area (Å²) in [5, 5.41) is 11.7. The number of hydrogen-bond donors (Lipinski definition) is 0. The Morgan fingerprint density at radius 2 is 1.73 bits per heavy atom. The number of aromatic nitrogens is 4. The third-order valence-corrected chi connectivity index (χ3v) is 5.17. The van der Waals surface area contributed by atoms with E-state index in [1.54, 1.807) is 15.9 Å². The van der Waals surface area contributed by atoms with Crippen LogP contribution < -0.4 is 0 Å². The zero-order chi connectivity index (χ0) is 18.5. The maximum atomic E-state index is 12.4. The molecule has 0 radical (unpaired) electrons. The van der Waals surface area contributed by atoms with Gasteiger partial charge in [-0.25, -0.2) is 4.68 Å². The summed E-state index contributed by atoms with van der Waals surface area (Å²) in [6.07, 6.45) is 2.30. The zero-order valence-corrected chi connectivity index (χ0v) is 15.5. The molecule has 2 aromatic rings. The molecule has 3 rings (SSSR count). The first kappa shape index (κ1) is 18.6. The first-order chi connectivity index (χ1) is 12.5. The minimum absolute atomic E-state index is 0.0496. The Morgan fingerprint density at radius 3 is 2.38 bits per heavy atom. The molecule has 1 aliphatic rings. The van der Waals surface area contributed by atoms with E-state index in [2.05, 4.69) is 15.5 Å². The monoisotopic (exact) mass is 396 g/mol. The van der Waals surface area contributed by atoms with Crippen molar-refractivity contribution in [1.29, 1.82) is 0 Å². The summed E-state index contributed by atoms with van der Waals surface area (Å²) in [5.41, 5.74) is 0.864. The molecule has 0 saturated carbocycles. The highest BCUT2D eigenvalue weighted by atomic mass is 35.5. The van der Waals surface area contributed by atoms with Crippen LogP contribution >= 0.6 is 23.2 Å². The lowest BCUT2D eigenvalue weighted by Gasteiger charge is -2.34. The van der Waals surface area contributed by atoms with Crippen LogP contribution in [0.2, 0.25) is 10.0 Å². The van der Waals surface area contributed by atoms with Gasteiger partial charge in [-0.05, 0) is 28.5 Å². The predicted molar refractivity (Wildman–Crippen MR) is 95.8 cm³/mol. The van der Waals surface area contributed by atoms with Crippen molar-refractivity contribution in [2.45, 2.75) is 19.4 Å². The summed E-state index contributed by atoms with van der Waals surface area (Å²) in [6, 6.07) is 5.42. The second-order valence-electron chi connectivity index (χ2n) is 5.98. The van der Waals surface area contributed by atoms with Crippen molar-refractivity contribution >= 4 is 35.0 Å². The number of carbonyl (C=O) groups excluding carboxylic acids is 2. The molecule has 138 valence electrons. The van der Waals surface area contributed by atoms with E-state index in [1.165, 1.54) is 11.0 Å². The average Bonchev–Trinajstić information content (AvgIpc) is 3.16. The van der Waals surface area contributed by atoms with Gasteiger partial charge in [0.05, 0.1) is 10.0 Å². The van der Waals surface area contributed by atoms with Crippen LogP contribution in [0, 0.1) is 0 Å². The van der Waals surface area contributed by atoms with E-state index >= 15 is 0 Å². The van der Waals surface area contributed by atoms with E-state index in [9.17, 15) is 9.59 Å². The molecule has 1 aliphatic heterocycles. The van der Waals surface area contributed by atoms with Crippen LogP contribution in [0.3, 0.4) is 0 Å². The molecule has 1 aromatic heterocycles. The van der Waals surface area contributed by atoms with Crippen LogP contribution in [-0.4, -0.2) is 68.0 Å². The summed E-state index contributed by atoms with van der Waals surface area (Å²) in [5.74, 6) is -0.0104. The number of hydrogen-bond acceptors (Lipinski definition) is 5. The molecule has 0 aliphatic carbocycles. The Balaban J connectivity index is 1.46. The number of carbonyl (C=O) groups is 2. The van der Waals surface area contributed by atoms with Gasteiger partial charge < -0.3 is 9.80 Å². The largest absolute Gasteiger partial charge is 0.339 e. The third-order valence-electron chi connectivity index (χ3n) is 4.31. The molecule has 10 heteroatoms. The summed E-state index contributed by atoms with van der Waals surface area (Å²) < 4.78 is 1.38. The molecule has 1 saturated heterocycles. The van der Waals surface area contributed by atoms with E-state index < -0.39 is 0 Å². The van der Waals surface area contributed by atoms with Crippen molar-refractivity contribution in [2.75, 3.05) is 26.2 Å². The van der Waals surface area contributed by atoms with E-state index in [-0.39, 0.29) is 18.4 Å². The molecule has 2 amide bonds. The minimum atomic E-state index is -0.0601. The first-order valence-corrected chi connectivity index (χ1v) is 8.99. The first-order valence-electron chi connectivity index (χ1n) is 8.24. The number of amides is 2. The molecule has 0 unspecified atom stereocenters. The van der Waals surface area contributed by atoms with Gasteiger partial charge in [-0.2, -0.15) is 0 Å². The molecule has 1 aromatic carbocycles. The van der Waals surface area contributed by atoms with Gasteiger partial charge >= 0.3 is 0 Å². The Morgan fingerprint density at radius 1 is 1.04 bits per heavy atom. The smallest absolute Gasteiger partial charge is 0.244 e. The lowest BCUT2D eigenvalue weighted by molar-refractivity contribution is -0.140. The lowest BCUT2D eigenvalue weighted by atomic mass is 10.1. The van der Waals surface area contributed by atoms with E-state index in [0.29, 0.717) is 49.1 Å². The maximum Gasteiger partial charge on any atom is 0.244 e. The molecular weight excluding hydrogens is 379 g/mol. The summed E-state index contributed by atoms with van der Waals surface area (Å²) in [6.45, 7) is 2.15. The Hall–Kier alpha value is -2.19. The van der Waals surface area contributed by atoms with Gasteiger partial charge in [0.1, 0.15) is 12.9 Å². The normalized spacial score (nSPS) is 14.5. The molecule has 0 atom stereocenters. The topological polar surface area (TPSA) is 84.2 Å². The Bertz CT molecular complexity index is 775. The van der Waals surface area contributed by atoms with Crippen LogP contribution in [-0.2, 0) is 22.6 Å². The Kier molecular flexibility index (Phi) is 6.05. The fourth-order valence-electron chi connectivity index (χ4n) is 2.84. The zero-order valence-electron chi connectivity index (χ0n) is 14.0. The van der Waals surface area contributed by atoms with Crippen LogP contribution in [0.5, 0.6) is 0 Å². The standard InChI is InChI=1S/C16H18Cl2N6O2/c17-13-3-1-2-12(16(13)18)4-5-14(25)22-6-8-23(9-7-22)15(26)10-24-11-19-20-21-24/h1-3,11H,4-10H2. The van der Waals surface area contributed by atoms with Crippen molar-refractivity contribution in [3.63, 3.8) is 0 Å².